The predicted octanol–water partition coefficient (Wildman–Crippen LogP) is 2.10. The minimum absolute atomic E-state index is 0.128. The Hall–Kier alpha value is -1.13. The zero-order valence-electron chi connectivity index (χ0n) is 11.5. The van der Waals surface area contributed by atoms with Gasteiger partial charge in [0.15, 0.2) is 0 Å². The van der Waals surface area contributed by atoms with E-state index in [4.69, 9.17) is 0 Å². The van der Waals surface area contributed by atoms with E-state index in [1.165, 1.54) is 6.07 Å². The second kappa shape index (κ2) is 7.34. The first-order valence-electron chi connectivity index (χ1n) is 6.38. The van der Waals surface area contributed by atoms with Crippen LogP contribution in [0, 0.1) is 5.82 Å². The average molecular weight is 254 g/mol. The van der Waals surface area contributed by atoms with Crippen LogP contribution in [0.4, 0.5) is 10.1 Å². The molecular weight excluding hydrogens is 231 g/mol. The first-order chi connectivity index (χ1) is 8.60. The molecule has 0 saturated heterocycles. The van der Waals surface area contributed by atoms with Gasteiger partial charge in [0, 0.05) is 18.7 Å². The first kappa shape index (κ1) is 14.9. The Balaban J connectivity index is 2.81. The molecule has 0 heterocycles. The number of aliphatic hydroxyl groups is 1. The summed E-state index contributed by atoms with van der Waals surface area (Å²) in [6, 6.07) is 4.86. The monoisotopic (exact) mass is 254 g/mol. The lowest BCUT2D eigenvalue weighted by Gasteiger charge is -2.26. The van der Waals surface area contributed by atoms with Crippen LogP contribution in [0.25, 0.3) is 0 Å². The van der Waals surface area contributed by atoms with Crippen molar-refractivity contribution in [3.63, 3.8) is 0 Å². The summed E-state index contributed by atoms with van der Waals surface area (Å²) >= 11 is 0. The van der Waals surface area contributed by atoms with Gasteiger partial charge in [-0.3, -0.25) is 0 Å². The maximum atomic E-state index is 13.9. The number of nitrogens with zero attached hydrogens (tertiary/aromatic N) is 2. The number of benzene rings is 1. The van der Waals surface area contributed by atoms with Crippen LogP contribution < -0.4 is 4.90 Å². The summed E-state index contributed by atoms with van der Waals surface area (Å²) in [5, 5.41) is 9.30. The molecule has 4 heteroatoms. The lowest BCUT2D eigenvalue weighted by molar-refractivity contribution is 0.281. The quantitative estimate of drug-likeness (QED) is 0.807. The molecule has 102 valence electrons. The molecule has 0 spiro atoms. The van der Waals surface area contributed by atoms with Crippen molar-refractivity contribution in [2.24, 2.45) is 0 Å². The number of rotatable bonds is 7. The molecule has 0 bridgehead atoms. The van der Waals surface area contributed by atoms with Crippen molar-refractivity contribution in [2.75, 3.05) is 38.6 Å². The molecule has 1 aromatic carbocycles. The molecule has 0 aromatic heterocycles. The average Bonchev–Trinajstić information content (AvgIpc) is 2.34. The van der Waals surface area contributed by atoms with E-state index < -0.39 is 0 Å². The van der Waals surface area contributed by atoms with Crippen molar-refractivity contribution in [1.82, 2.24) is 4.90 Å². The van der Waals surface area contributed by atoms with Crippen molar-refractivity contribution in [3.05, 3.63) is 29.6 Å². The fourth-order valence-corrected chi connectivity index (χ4v) is 2.05. The Morgan fingerprint density at radius 1 is 1.22 bits per heavy atom. The Kier molecular flexibility index (Phi) is 6.09. The highest BCUT2D eigenvalue weighted by Crippen LogP contribution is 2.24. The molecule has 0 aliphatic heterocycles. The van der Waals surface area contributed by atoms with Crippen molar-refractivity contribution >= 4 is 5.69 Å². The molecule has 0 saturated carbocycles. The van der Waals surface area contributed by atoms with Crippen LogP contribution in [-0.2, 0) is 6.61 Å². The summed E-state index contributed by atoms with van der Waals surface area (Å²) in [6.07, 6.45) is 0.972. The maximum Gasteiger partial charge on any atom is 0.146 e. The van der Waals surface area contributed by atoms with Crippen LogP contribution >= 0.6 is 0 Å². The van der Waals surface area contributed by atoms with E-state index in [1.54, 1.807) is 12.1 Å². The Morgan fingerprint density at radius 3 is 2.50 bits per heavy atom. The standard InChI is InChI=1S/C14H23FN2O/c1-4-17(10-6-9-16(2)3)14-12(11-18)7-5-8-13(14)15/h5,7-8,18H,4,6,9-11H2,1-3H3. The van der Waals surface area contributed by atoms with Crippen molar-refractivity contribution in [3.8, 4) is 0 Å². The molecule has 0 aliphatic carbocycles. The van der Waals surface area contributed by atoms with Crippen molar-refractivity contribution in [1.29, 1.82) is 0 Å². The second-order valence-electron chi connectivity index (χ2n) is 4.64. The first-order valence-corrected chi connectivity index (χ1v) is 6.38. The van der Waals surface area contributed by atoms with Gasteiger partial charge in [-0.1, -0.05) is 12.1 Å². The number of para-hydroxylation sites is 1. The van der Waals surface area contributed by atoms with Crippen LogP contribution in [0.5, 0.6) is 0 Å². The third-order valence-electron chi connectivity index (χ3n) is 2.97. The summed E-state index contributed by atoms with van der Waals surface area (Å²) in [4.78, 5) is 4.10. The van der Waals surface area contributed by atoms with Crippen molar-refractivity contribution in [2.45, 2.75) is 20.0 Å². The molecule has 0 unspecified atom stereocenters. The largest absolute Gasteiger partial charge is 0.392 e. The Labute approximate surface area is 109 Å². The number of hydrogen-bond donors (Lipinski definition) is 1. The predicted molar refractivity (Wildman–Crippen MR) is 73.4 cm³/mol. The zero-order valence-corrected chi connectivity index (χ0v) is 11.5. The topological polar surface area (TPSA) is 26.7 Å². The highest BCUT2D eigenvalue weighted by Gasteiger charge is 2.14. The molecule has 0 atom stereocenters. The van der Waals surface area contributed by atoms with Gasteiger partial charge in [-0.05, 0) is 40.1 Å². The van der Waals surface area contributed by atoms with Gasteiger partial charge < -0.3 is 14.9 Å². The minimum Gasteiger partial charge on any atom is -0.392 e. The van der Waals surface area contributed by atoms with Gasteiger partial charge in [-0.25, -0.2) is 4.39 Å². The highest BCUT2D eigenvalue weighted by atomic mass is 19.1. The molecular formula is C14H23FN2O. The molecule has 0 radical (unpaired) electrons. The molecule has 0 amide bonds. The molecule has 3 nitrogen and oxygen atoms in total. The van der Waals surface area contributed by atoms with Gasteiger partial charge >= 0.3 is 0 Å². The van der Waals surface area contributed by atoms with Crippen LogP contribution in [0.1, 0.15) is 18.9 Å². The molecule has 0 aliphatic rings. The van der Waals surface area contributed by atoms with Gasteiger partial charge in [0.2, 0.25) is 0 Å². The molecule has 18 heavy (non-hydrogen) atoms. The lowest BCUT2D eigenvalue weighted by Crippen LogP contribution is -2.28. The van der Waals surface area contributed by atoms with E-state index >= 15 is 0 Å². The number of hydrogen-bond acceptors (Lipinski definition) is 3. The Morgan fingerprint density at radius 2 is 1.94 bits per heavy atom. The number of aliphatic hydroxyl groups excluding tert-OH is 1. The fraction of sp³-hybridized carbons (Fsp3) is 0.571. The normalized spacial score (nSPS) is 11.0. The number of anilines is 1. The fourth-order valence-electron chi connectivity index (χ4n) is 2.05. The molecule has 1 N–H and O–H groups in total. The van der Waals surface area contributed by atoms with E-state index in [-0.39, 0.29) is 12.4 Å². The zero-order chi connectivity index (χ0) is 13.5. The second-order valence-corrected chi connectivity index (χ2v) is 4.64. The maximum absolute atomic E-state index is 13.9. The summed E-state index contributed by atoms with van der Waals surface area (Å²) in [7, 11) is 4.05. The lowest BCUT2D eigenvalue weighted by atomic mass is 10.1. The van der Waals surface area contributed by atoms with Crippen LogP contribution in [-0.4, -0.2) is 43.7 Å². The van der Waals surface area contributed by atoms with Gasteiger partial charge in [0.1, 0.15) is 5.82 Å². The summed E-state index contributed by atoms with van der Waals surface area (Å²) < 4.78 is 13.9. The van der Waals surface area contributed by atoms with Crippen LogP contribution in [0.3, 0.4) is 0 Å². The summed E-state index contributed by atoms with van der Waals surface area (Å²) in [6.45, 7) is 4.38. The van der Waals surface area contributed by atoms with Gasteiger partial charge in [0.05, 0.1) is 12.3 Å². The highest BCUT2D eigenvalue weighted by molar-refractivity contribution is 5.54. The summed E-state index contributed by atoms with van der Waals surface area (Å²) in [5.41, 5.74) is 1.20. The van der Waals surface area contributed by atoms with E-state index in [0.29, 0.717) is 11.3 Å². The molecule has 1 rings (SSSR count). The summed E-state index contributed by atoms with van der Waals surface area (Å²) in [5.74, 6) is -0.256. The van der Waals surface area contributed by atoms with Crippen LogP contribution in [0.2, 0.25) is 0 Å². The third kappa shape index (κ3) is 3.96. The minimum atomic E-state index is -0.256. The van der Waals surface area contributed by atoms with Gasteiger partial charge in [0.25, 0.3) is 0 Å². The van der Waals surface area contributed by atoms with E-state index in [0.717, 1.165) is 26.1 Å². The Bertz CT molecular complexity index is 369. The molecule has 0 fully saturated rings. The SMILES string of the molecule is CCN(CCCN(C)C)c1c(F)cccc1CO. The molecule has 1 aromatic rings. The van der Waals surface area contributed by atoms with Crippen molar-refractivity contribution < 1.29 is 9.50 Å². The van der Waals surface area contributed by atoms with Gasteiger partial charge in [-0.2, -0.15) is 0 Å². The number of halogens is 1. The van der Waals surface area contributed by atoms with E-state index in [1.807, 2.05) is 25.9 Å². The van der Waals surface area contributed by atoms with Crippen LogP contribution in [0.15, 0.2) is 18.2 Å². The van der Waals surface area contributed by atoms with E-state index in [9.17, 15) is 9.50 Å². The van der Waals surface area contributed by atoms with Gasteiger partial charge in [-0.15, -0.1) is 0 Å². The third-order valence-corrected chi connectivity index (χ3v) is 2.97. The van der Waals surface area contributed by atoms with E-state index in [2.05, 4.69) is 4.90 Å². The smallest absolute Gasteiger partial charge is 0.146 e.